The minimum Gasteiger partial charge on any atom is -0.384 e. The number of aryl methyl sites for hydroxylation is 3. The molecule has 1 aliphatic carbocycles. The van der Waals surface area contributed by atoms with Gasteiger partial charge in [-0.05, 0) is 54.5 Å². The van der Waals surface area contributed by atoms with Gasteiger partial charge >= 0.3 is 0 Å². The Balaban J connectivity index is 2.09. The van der Waals surface area contributed by atoms with Crippen LogP contribution in [0.15, 0.2) is 30.5 Å². The fraction of sp³-hybridized carbons (Fsp3) is 0.267. The molecule has 0 aliphatic heterocycles. The number of pyridine rings is 1. The van der Waals surface area contributed by atoms with Gasteiger partial charge in [-0.25, -0.2) is 4.98 Å². The molecule has 1 aromatic carbocycles. The zero-order chi connectivity index (χ0) is 11.8. The van der Waals surface area contributed by atoms with E-state index in [2.05, 4.69) is 30.1 Å². The van der Waals surface area contributed by atoms with Gasteiger partial charge in [0.2, 0.25) is 0 Å². The first-order valence-electron chi connectivity index (χ1n) is 6.08. The average Bonchev–Trinajstić information content (AvgIpc) is 2.75. The topological polar surface area (TPSA) is 38.9 Å². The second kappa shape index (κ2) is 3.88. The van der Waals surface area contributed by atoms with Crippen molar-refractivity contribution >= 4 is 5.82 Å². The molecule has 2 N–H and O–H groups in total. The molecule has 0 amide bonds. The highest BCUT2D eigenvalue weighted by Crippen LogP contribution is 2.29. The molecule has 1 aliphatic rings. The molecule has 17 heavy (non-hydrogen) atoms. The molecule has 0 saturated heterocycles. The van der Waals surface area contributed by atoms with Crippen LogP contribution in [0.25, 0.3) is 11.1 Å². The van der Waals surface area contributed by atoms with Gasteiger partial charge in [0.1, 0.15) is 5.82 Å². The van der Waals surface area contributed by atoms with Crippen LogP contribution in [0.4, 0.5) is 5.82 Å². The molecule has 0 saturated carbocycles. The number of nitrogens with two attached hydrogens (primary N) is 1. The van der Waals surface area contributed by atoms with Crippen LogP contribution < -0.4 is 5.73 Å². The first kappa shape index (κ1) is 10.3. The lowest BCUT2D eigenvalue weighted by atomic mass is 9.99. The second-order valence-corrected chi connectivity index (χ2v) is 4.76. The zero-order valence-corrected chi connectivity index (χ0v) is 10.0. The first-order chi connectivity index (χ1) is 8.24. The van der Waals surface area contributed by atoms with E-state index >= 15 is 0 Å². The van der Waals surface area contributed by atoms with E-state index in [1.54, 1.807) is 0 Å². The SMILES string of the molecule is Cc1cc(N)ncc1-c1ccc2c(c1)CCC2. The Morgan fingerprint density at radius 1 is 1.12 bits per heavy atom. The molecular weight excluding hydrogens is 208 g/mol. The highest BCUT2D eigenvalue weighted by Gasteiger charge is 2.12. The lowest BCUT2D eigenvalue weighted by molar-refractivity contribution is 0.912. The Morgan fingerprint density at radius 3 is 2.76 bits per heavy atom. The molecule has 0 bridgehead atoms. The van der Waals surface area contributed by atoms with Gasteiger partial charge in [-0.2, -0.15) is 0 Å². The molecule has 2 aromatic rings. The van der Waals surface area contributed by atoms with Crippen LogP contribution in [-0.4, -0.2) is 4.98 Å². The van der Waals surface area contributed by atoms with Crippen molar-refractivity contribution in [3.8, 4) is 11.1 Å². The van der Waals surface area contributed by atoms with E-state index in [4.69, 9.17) is 5.73 Å². The number of hydrogen-bond acceptors (Lipinski definition) is 2. The van der Waals surface area contributed by atoms with Crippen molar-refractivity contribution in [2.24, 2.45) is 0 Å². The van der Waals surface area contributed by atoms with Crippen molar-refractivity contribution in [3.63, 3.8) is 0 Å². The van der Waals surface area contributed by atoms with Crippen LogP contribution in [0.2, 0.25) is 0 Å². The molecule has 1 aromatic heterocycles. The number of benzene rings is 1. The van der Waals surface area contributed by atoms with E-state index < -0.39 is 0 Å². The van der Waals surface area contributed by atoms with E-state index in [0.29, 0.717) is 5.82 Å². The van der Waals surface area contributed by atoms with Crippen LogP contribution >= 0.6 is 0 Å². The van der Waals surface area contributed by atoms with Crippen LogP contribution in [0.5, 0.6) is 0 Å². The maximum atomic E-state index is 5.68. The molecule has 1 heterocycles. The maximum absolute atomic E-state index is 5.68. The Morgan fingerprint density at radius 2 is 1.94 bits per heavy atom. The molecule has 0 fully saturated rings. The van der Waals surface area contributed by atoms with Gasteiger partial charge in [0, 0.05) is 11.8 Å². The average molecular weight is 224 g/mol. The van der Waals surface area contributed by atoms with Gasteiger partial charge in [-0.1, -0.05) is 18.2 Å². The van der Waals surface area contributed by atoms with Gasteiger partial charge < -0.3 is 5.73 Å². The smallest absolute Gasteiger partial charge is 0.123 e. The lowest BCUT2D eigenvalue weighted by Crippen LogP contribution is -1.93. The third kappa shape index (κ3) is 1.80. The van der Waals surface area contributed by atoms with Crippen LogP contribution in [-0.2, 0) is 12.8 Å². The van der Waals surface area contributed by atoms with Crippen molar-refractivity contribution in [1.82, 2.24) is 4.98 Å². The van der Waals surface area contributed by atoms with Crippen molar-refractivity contribution in [1.29, 1.82) is 0 Å². The predicted octanol–water partition coefficient (Wildman–Crippen LogP) is 3.13. The quantitative estimate of drug-likeness (QED) is 0.808. The van der Waals surface area contributed by atoms with Gasteiger partial charge in [0.25, 0.3) is 0 Å². The summed E-state index contributed by atoms with van der Waals surface area (Å²) in [6.45, 7) is 2.08. The van der Waals surface area contributed by atoms with Gasteiger partial charge in [0.15, 0.2) is 0 Å². The van der Waals surface area contributed by atoms with Crippen molar-refractivity contribution in [2.45, 2.75) is 26.2 Å². The number of nitrogens with zero attached hydrogens (tertiary/aromatic N) is 1. The number of hydrogen-bond donors (Lipinski definition) is 1. The van der Waals surface area contributed by atoms with Crippen LogP contribution in [0.1, 0.15) is 23.1 Å². The highest BCUT2D eigenvalue weighted by molar-refractivity contribution is 5.69. The summed E-state index contributed by atoms with van der Waals surface area (Å²) in [5.74, 6) is 0.590. The van der Waals surface area contributed by atoms with Crippen molar-refractivity contribution < 1.29 is 0 Å². The third-order valence-electron chi connectivity index (χ3n) is 3.54. The molecule has 0 spiro atoms. The van der Waals surface area contributed by atoms with E-state index in [0.717, 1.165) is 0 Å². The number of aromatic nitrogens is 1. The molecule has 2 heteroatoms. The Bertz CT molecular complexity index is 573. The molecule has 0 unspecified atom stereocenters. The molecule has 86 valence electrons. The third-order valence-corrected chi connectivity index (χ3v) is 3.54. The van der Waals surface area contributed by atoms with Crippen molar-refractivity contribution in [3.05, 3.63) is 47.2 Å². The molecule has 0 radical (unpaired) electrons. The fourth-order valence-electron chi connectivity index (χ4n) is 2.62. The first-order valence-corrected chi connectivity index (χ1v) is 6.08. The summed E-state index contributed by atoms with van der Waals surface area (Å²) in [6.07, 6.45) is 5.61. The van der Waals surface area contributed by atoms with E-state index in [1.807, 2.05) is 12.3 Å². The highest BCUT2D eigenvalue weighted by atomic mass is 14.8. The van der Waals surface area contributed by atoms with E-state index in [9.17, 15) is 0 Å². The Hall–Kier alpha value is -1.83. The molecule has 2 nitrogen and oxygen atoms in total. The summed E-state index contributed by atoms with van der Waals surface area (Å²) in [5.41, 5.74) is 12.3. The summed E-state index contributed by atoms with van der Waals surface area (Å²) >= 11 is 0. The van der Waals surface area contributed by atoms with Crippen LogP contribution in [0.3, 0.4) is 0 Å². The minimum atomic E-state index is 0.590. The summed E-state index contributed by atoms with van der Waals surface area (Å²) < 4.78 is 0. The minimum absolute atomic E-state index is 0.590. The summed E-state index contributed by atoms with van der Waals surface area (Å²) in [5, 5.41) is 0. The normalized spacial score (nSPS) is 13.7. The number of fused-ring (bicyclic) bond motifs is 1. The van der Waals surface area contributed by atoms with Gasteiger partial charge in [-0.3, -0.25) is 0 Å². The zero-order valence-electron chi connectivity index (χ0n) is 10.0. The standard InChI is InChI=1S/C15H16N2/c1-10-7-15(16)17-9-14(10)13-6-5-11-3-2-4-12(11)8-13/h5-9H,2-4H2,1H3,(H2,16,17). The number of anilines is 1. The van der Waals surface area contributed by atoms with Gasteiger partial charge in [-0.15, -0.1) is 0 Å². The number of rotatable bonds is 1. The largest absolute Gasteiger partial charge is 0.384 e. The monoisotopic (exact) mass is 224 g/mol. The molecule has 0 atom stereocenters. The molecular formula is C15H16N2. The Labute approximate surface area is 102 Å². The summed E-state index contributed by atoms with van der Waals surface area (Å²) in [4.78, 5) is 4.19. The van der Waals surface area contributed by atoms with Crippen molar-refractivity contribution in [2.75, 3.05) is 5.73 Å². The number of nitrogen functional groups attached to an aromatic ring is 1. The predicted molar refractivity (Wildman–Crippen MR) is 70.8 cm³/mol. The lowest BCUT2D eigenvalue weighted by Gasteiger charge is -2.08. The summed E-state index contributed by atoms with van der Waals surface area (Å²) in [6, 6.07) is 8.70. The van der Waals surface area contributed by atoms with E-state index in [-0.39, 0.29) is 0 Å². The fourth-order valence-corrected chi connectivity index (χ4v) is 2.62. The van der Waals surface area contributed by atoms with Gasteiger partial charge in [0.05, 0.1) is 0 Å². The summed E-state index contributed by atoms with van der Waals surface area (Å²) in [7, 11) is 0. The van der Waals surface area contributed by atoms with E-state index in [1.165, 1.54) is 47.1 Å². The second-order valence-electron chi connectivity index (χ2n) is 4.76. The Kier molecular flexibility index (Phi) is 2.36. The maximum Gasteiger partial charge on any atom is 0.123 e. The van der Waals surface area contributed by atoms with Crippen LogP contribution in [0, 0.1) is 6.92 Å². The molecule has 3 rings (SSSR count).